The molecule has 0 radical (unpaired) electrons. The number of carbonyl (C=O) groups excluding carboxylic acids is 1. The van der Waals surface area contributed by atoms with Crippen molar-refractivity contribution in [1.29, 1.82) is 0 Å². The van der Waals surface area contributed by atoms with Crippen LogP contribution in [0.1, 0.15) is 0 Å². The van der Waals surface area contributed by atoms with Crippen molar-refractivity contribution in [2.45, 2.75) is 0 Å². The number of carbonyl (C=O) groups is 1. The minimum atomic E-state index is -0.0575. The zero-order chi connectivity index (χ0) is 17.6. The largest absolute Gasteiger partial charge is 0.462 e. The lowest BCUT2D eigenvalue weighted by molar-refractivity contribution is -0.125. The Morgan fingerprint density at radius 3 is 2.80 bits per heavy atom. The highest BCUT2D eigenvalue weighted by atomic mass is 35.5. The molecule has 0 spiro atoms. The summed E-state index contributed by atoms with van der Waals surface area (Å²) in [6, 6.07) is 7.40. The molecule has 1 aliphatic heterocycles. The minimum absolute atomic E-state index is 0.0139. The van der Waals surface area contributed by atoms with Gasteiger partial charge in [0.15, 0.2) is 0 Å². The van der Waals surface area contributed by atoms with Crippen LogP contribution in [0.3, 0.4) is 0 Å². The molecule has 0 aliphatic carbocycles. The summed E-state index contributed by atoms with van der Waals surface area (Å²) in [5.41, 5.74) is 6.92. The van der Waals surface area contributed by atoms with E-state index in [2.05, 4.69) is 20.3 Å². The van der Waals surface area contributed by atoms with Gasteiger partial charge in [0.05, 0.1) is 6.61 Å². The number of nitrogens with one attached hydrogen (secondary N) is 1. The standard InChI is InChI=1S/C15H17ClN6O3/c16-13-19-14(21-15(20-13)25-7-5-17)18-10-1-3-11(4-2-10)22-6-8-24-9-12(22)23/h1-4H,5-9,17H2,(H,18,19,20,21). The molecule has 3 rings (SSSR count). The molecule has 1 saturated heterocycles. The number of ether oxygens (including phenoxy) is 2. The van der Waals surface area contributed by atoms with Gasteiger partial charge < -0.3 is 25.4 Å². The molecule has 2 aromatic rings. The number of amides is 1. The second kappa shape index (κ2) is 8.06. The molecule has 1 fully saturated rings. The van der Waals surface area contributed by atoms with E-state index in [9.17, 15) is 4.79 Å². The van der Waals surface area contributed by atoms with Crippen LogP contribution in [0.5, 0.6) is 6.01 Å². The maximum atomic E-state index is 11.9. The third-order valence-electron chi connectivity index (χ3n) is 3.36. The van der Waals surface area contributed by atoms with Gasteiger partial charge in [-0.05, 0) is 35.9 Å². The maximum Gasteiger partial charge on any atom is 0.322 e. The Bertz CT molecular complexity index is 743. The van der Waals surface area contributed by atoms with Gasteiger partial charge in [0, 0.05) is 24.5 Å². The normalized spacial score (nSPS) is 14.5. The summed E-state index contributed by atoms with van der Waals surface area (Å²) in [4.78, 5) is 25.5. The zero-order valence-corrected chi connectivity index (χ0v) is 14.1. The topological polar surface area (TPSA) is 115 Å². The fourth-order valence-electron chi connectivity index (χ4n) is 2.25. The van der Waals surface area contributed by atoms with Gasteiger partial charge in [0.2, 0.25) is 11.2 Å². The zero-order valence-electron chi connectivity index (χ0n) is 13.3. The number of halogens is 1. The van der Waals surface area contributed by atoms with E-state index < -0.39 is 0 Å². The van der Waals surface area contributed by atoms with Crippen LogP contribution in [-0.4, -0.2) is 53.8 Å². The predicted octanol–water partition coefficient (Wildman–Crippen LogP) is 0.969. The van der Waals surface area contributed by atoms with E-state index in [4.69, 9.17) is 26.8 Å². The average Bonchev–Trinajstić information content (AvgIpc) is 2.61. The molecule has 0 unspecified atom stereocenters. The molecule has 2 heterocycles. The highest BCUT2D eigenvalue weighted by Gasteiger charge is 2.19. The van der Waals surface area contributed by atoms with E-state index in [1.54, 1.807) is 4.90 Å². The predicted molar refractivity (Wildman–Crippen MR) is 92.3 cm³/mol. The van der Waals surface area contributed by atoms with Crippen LogP contribution in [0.4, 0.5) is 17.3 Å². The number of rotatable bonds is 6. The first-order valence-electron chi connectivity index (χ1n) is 7.65. The monoisotopic (exact) mass is 364 g/mol. The second-order valence-electron chi connectivity index (χ2n) is 5.12. The van der Waals surface area contributed by atoms with E-state index in [1.807, 2.05) is 24.3 Å². The van der Waals surface area contributed by atoms with Gasteiger partial charge in [-0.1, -0.05) is 0 Å². The van der Waals surface area contributed by atoms with Gasteiger partial charge in [0.25, 0.3) is 5.91 Å². The molecule has 9 nitrogen and oxygen atoms in total. The van der Waals surface area contributed by atoms with Gasteiger partial charge in [-0.3, -0.25) is 4.79 Å². The minimum Gasteiger partial charge on any atom is -0.462 e. The molecule has 1 aromatic heterocycles. The molecule has 25 heavy (non-hydrogen) atoms. The number of hydrogen-bond donors (Lipinski definition) is 2. The Labute approximate surface area is 149 Å². The summed E-state index contributed by atoms with van der Waals surface area (Å²) in [5, 5.41) is 3.03. The molecule has 1 aromatic carbocycles. The quantitative estimate of drug-likeness (QED) is 0.779. The lowest BCUT2D eigenvalue weighted by Gasteiger charge is -2.26. The number of nitrogens with two attached hydrogens (primary N) is 1. The van der Waals surface area contributed by atoms with Crippen molar-refractivity contribution in [3.8, 4) is 6.01 Å². The Hall–Kier alpha value is -2.49. The molecular weight excluding hydrogens is 348 g/mol. The van der Waals surface area contributed by atoms with E-state index in [0.717, 1.165) is 11.4 Å². The Balaban J connectivity index is 1.71. The van der Waals surface area contributed by atoms with Crippen molar-refractivity contribution < 1.29 is 14.3 Å². The van der Waals surface area contributed by atoms with Crippen molar-refractivity contribution in [1.82, 2.24) is 15.0 Å². The highest BCUT2D eigenvalue weighted by Crippen LogP contribution is 2.22. The molecule has 10 heteroatoms. The number of hydrogen-bond acceptors (Lipinski definition) is 8. The highest BCUT2D eigenvalue weighted by molar-refractivity contribution is 6.28. The van der Waals surface area contributed by atoms with Gasteiger partial charge in [-0.25, -0.2) is 0 Å². The number of morpholine rings is 1. The van der Waals surface area contributed by atoms with Crippen LogP contribution in [0.2, 0.25) is 5.28 Å². The second-order valence-corrected chi connectivity index (χ2v) is 5.46. The first-order valence-corrected chi connectivity index (χ1v) is 8.03. The molecule has 132 valence electrons. The fourth-order valence-corrected chi connectivity index (χ4v) is 2.40. The van der Waals surface area contributed by atoms with Gasteiger partial charge in [0.1, 0.15) is 13.2 Å². The first-order chi connectivity index (χ1) is 12.2. The Kier molecular flexibility index (Phi) is 5.59. The molecule has 0 saturated carbocycles. The van der Waals surface area contributed by atoms with Crippen LogP contribution < -0.4 is 20.7 Å². The number of aromatic nitrogens is 3. The van der Waals surface area contributed by atoms with Crippen LogP contribution in [0.25, 0.3) is 0 Å². The number of benzene rings is 1. The molecular formula is C15H17ClN6O3. The van der Waals surface area contributed by atoms with Crippen LogP contribution in [-0.2, 0) is 9.53 Å². The van der Waals surface area contributed by atoms with E-state index in [-0.39, 0.29) is 36.4 Å². The van der Waals surface area contributed by atoms with Gasteiger partial charge in [-0.15, -0.1) is 0 Å². The molecule has 0 bridgehead atoms. The fraction of sp³-hybridized carbons (Fsp3) is 0.333. The molecule has 0 atom stereocenters. The van der Waals surface area contributed by atoms with Crippen molar-refractivity contribution in [2.75, 3.05) is 43.1 Å². The molecule has 1 amide bonds. The summed E-state index contributed by atoms with van der Waals surface area (Å²) in [6.07, 6.45) is 0. The summed E-state index contributed by atoms with van der Waals surface area (Å²) in [7, 11) is 0. The lowest BCUT2D eigenvalue weighted by Crippen LogP contribution is -2.41. The van der Waals surface area contributed by atoms with E-state index in [0.29, 0.717) is 19.7 Å². The van der Waals surface area contributed by atoms with E-state index in [1.165, 1.54) is 0 Å². The van der Waals surface area contributed by atoms with Crippen LogP contribution >= 0.6 is 11.6 Å². The smallest absolute Gasteiger partial charge is 0.322 e. The average molecular weight is 365 g/mol. The number of nitrogens with zero attached hydrogens (tertiary/aromatic N) is 4. The van der Waals surface area contributed by atoms with Gasteiger partial charge in [-0.2, -0.15) is 15.0 Å². The van der Waals surface area contributed by atoms with Crippen molar-refractivity contribution >= 4 is 34.8 Å². The summed E-state index contributed by atoms with van der Waals surface area (Å²) >= 11 is 5.87. The summed E-state index contributed by atoms with van der Waals surface area (Å²) in [5.74, 6) is 0.195. The Morgan fingerprint density at radius 1 is 1.28 bits per heavy atom. The molecule has 3 N–H and O–H groups in total. The SMILES string of the molecule is NCCOc1nc(Cl)nc(Nc2ccc(N3CCOCC3=O)cc2)n1. The van der Waals surface area contributed by atoms with Crippen molar-refractivity contribution in [3.05, 3.63) is 29.5 Å². The van der Waals surface area contributed by atoms with Crippen LogP contribution in [0.15, 0.2) is 24.3 Å². The van der Waals surface area contributed by atoms with Crippen molar-refractivity contribution in [3.63, 3.8) is 0 Å². The lowest BCUT2D eigenvalue weighted by atomic mass is 10.2. The summed E-state index contributed by atoms with van der Waals surface area (Å²) < 4.78 is 10.4. The maximum absolute atomic E-state index is 11.9. The third kappa shape index (κ3) is 4.53. The number of anilines is 3. The van der Waals surface area contributed by atoms with Crippen molar-refractivity contribution in [2.24, 2.45) is 5.73 Å². The summed E-state index contributed by atoms with van der Waals surface area (Å²) in [6.45, 7) is 1.79. The van der Waals surface area contributed by atoms with Crippen LogP contribution in [0, 0.1) is 0 Å². The Morgan fingerprint density at radius 2 is 2.08 bits per heavy atom. The van der Waals surface area contributed by atoms with E-state index >= 15 is 0 Å². The molecule has 1 aliphatic rings. The first kappa shape index (κ1) is 17.3. The third-order valence-corrected chi connectivity index (χ3v) is 3.53. The van der Waals surface area contributed by atoms with Gasteiger partial charge >= 0.3 is 6.01 Å².